The molecule has 0 bridgehead atoms. The maximum absolute atomic E-state index is 6.62. The van der Waals surface area contributed by atoms with E-state index in [2.05, 4.69) is 253 Å². The Morgan fingerprint density at radius 1 is 0.507 bits per heavy atom. The number of rotatable bonds is 6. The molecular weight excluding hydrogens is 811 g/mol. The number of anilines is 3. The number of hydrogen-bond donors (Lipinski definition) is 0. The van der Waals surface area contributed by atoms with E-state index in [0.29, 0.717) is 0 Å². The van der Waals surface area contributed by atoms with Gasteiger partial charge in [0, 0.05) is 32.8 Å². The highest BCUT2D eigenvalue weighted by Crippen LogP contribution is 2.63. The Labute approximate surface area is 393 Å². The highest BCUT2D eigenvalue weighted by molar-refractivity contribution is 6.16. The smallest absolute Gasteiger partial charge is 0.143 e. The van der Waals surface area contributed by atoms with Crippen LogP contribution < -0.4 is 4.90 Å². The minimum absolute atomic E-state index is 0.0387. The number of allylic oxidation sites excluding steroid dienone is 5. The summed E-state index contributed by atoms with van der Waals surface area (Å²) in [5, 5.41) is 6.91. The summed E-state index contributed by atoms with van der Waals surface area (Å²) in [4.78, 5) is 2.50. The Morgan fingerprint density at radius 2 is 1.16 bits per heavy atom. The molecule has 1 aromatic heterocycles. The molecule has 1 atom stereocenters. The molecule has 12 rings (SSSR count). The van der Waals surface area contributed by atoms with E-state index >= 15 is 0 Å². The lowest BCUT2D eigenvalue weighted by Gasteiger charge is -2.34. The van der Waals surface area contributed by atoms with Crippen LogP contribution in [0.4, 0.5) is 17.1 Å². The predicted octanol–water partition coefficient (Wildman–Crippen LogP) is 18.2. The number of furan rings is 1. The first-order chi connectivity index (χ1) is 32.4. The van der Waals surface area contributed by atoms with Crippen molar-refractivity contribution in [3.8, 4) is 22.3 Å². The minimum atomic E-state index is -0.592. The van der Waals surface area contributed by atoms with Crippen molar-refractivity contribution in [2.24, 2.45) is 5.41 Å². The Hall–Kier alpha value is -7.68. The first kappa shape index (κ1) is 40.8. The van der Waals surface area contributed by atoms with E-state index in [1.165, 1.54) is 66.2 Å². The van der Waals surface area contributed by atoms with Crippen molar-refractivity contribution in [3.05, 3.63) is 240 Å². The molecule has 0 fully saturated rings. The lowest BCUT2D eigenvalue weighted by atomic mass is 9.68. The van der Waals surface area contributed by atoms with E-state index in [4.69, 9.17) is 4.42 Å². The number of para-hydroxylation sites is 1. The molecule has 1 heterocycles. The lowest BCUT2D eigenvalue weighted by molar-refractivity contribution is 0.543. The quantitative estimate of drug-likeness (QED) is 0.166. The van der Waals surface area contributed by atoms with Crippen LogP contribution in [-0.4, -0.2) is 0 Å². The molecule has 10 aromatic rings. The molecule has 0 amide bonds. The van der Waals surface area contributed by atoms with E-state index in [0.717, 1.165) is 55.5 Å². The number of nitrogens with zero attached hydrogens (tertiary/aromatic N) is 1. The molecule has 324 valence electrons. The Bertz CT molecular complexity index is 3740. The maximum atomic E-state index is 6.62. The third-order valence-corrected chi connectivity index (χ3v) is 14.3. The number of hydrogen-bond acceptors (Lipinski definition) is 2. The van der Waals surface area contributed by atoms with Gasteiger partial charge in [-0.25, -0.2) is 0 Å². The second kappa shape index (κ2) is 14.9. The molecule has 0 aliphatic heterocycles. The van der Waals surface area contributed by atoms with Crippen LogP contribution in [0.5, 0.6) is 0 Å². The van der Waals surface area contributed by atoms with E-state index in [-0.39, 0.29) is 10.8 Å². The average Bonchev–Trinajstić information content (AvgIpc) is 3.96. The Balaban J connectivity index is 1.14. The third-order valence-electron chi connectivity index (χ3n) is 14.3. The number of fused-ring (bicyclic) bond motifs is 13. The largest absolute Gasteiger partial charge is 0.455 e. The fourth-order valence-corrected chi connectivity index (χ4v) is 11.2. The summed E-state index contributed by atoms with van der Waals surface area (Å²) >= 11 is 0. The second-order valence-electron chi connectivity index (χ2n) is 20.6. The number of benzene rings is 9. The van der Waals surface area contributed by atoms with E-state index in [9.17, 15) is 0 Å². The van der Waals surface area contributed by atoms with Crippen LogP contribution >= 0.6 is 0 Å². The molecule has 1 unspecified atom stereocenters. The Morgan fingerprint density at radius 3 is 1.96 bits per heavy atom. The van der Waals surface area contributed by atoms with E-state index in [1.54, 1.807) is 0 Å². The molecule has 0 N–H and O–H groups in total. The molecule has 2 aliphatic rings. The molecule has 2 nitrogen and oxygen atoms in total. The molecule has 0 saturated heterocycles. The van der Waals surface area contributed by atoms with Gasteiger partial charge in [-0.1, -0.05) is 206 Å². The van der Waals surface area contributed by atoms with Crippen molar-refractivity contribution >= 4 is 66.1 Å². The summed E-state index contributed by atoms with van der Waals surface area (Å²) in [6.07, 6.45) is 6.90. The Kier molecular flexibility index (Phi) is 9.09. The zero-order chi connectivity index (χ0) is 45.8. The summed E-state index contributed by atoms with van der Waals surface area (Å²) < 4.78 is 6.62. The third kappa shape index (κ3) is 6.23. The first-order valence-corrected chi connectivity index (χ1v) is 23.6. The summed E-state index contributed by atoms with van der Waals surface area (Å²) in [6, 6.07) is 67.5. The van der Waals surface area contributed by atoms with Gasteiger partial charge >= 0.3 is 0 Å². The first-order valence-electron chi connectivity index (χ1n) is 23.6. The SMILES string of the molecule is C=CC1=C(/C=C/C(C)(C)C)C2(c3cc(C(C)(C)C)ccc31)c1ccccc1-c1ccc(N(c3ccccc3-c3ccc4oc5c6ccccc6ccc5c4c3)c3cccc4ccccc34)cc12. The van der Waals surface area contributed by atoms with Crippen molar-refractivity contribution < 1.29 is 4.42 Å². The zero-order valence-corrected chi connectivity index (χ0v) is 39.1. The van der Waals surface area contributed by atoms with Crippen molar-refractivity contribution in [2.75, 3.05) is 4.90 Å². The summed E-state index contributed by atoms with van der Waals surface area (Å²) in [5.74, 6) is 0. The minimum Gasteiger partial charge on any atom is -0.455 e. The van der Waals surface area contributed by atoms with Crippen LogP contribution in [0.1, 0.15) is 69.4 Å². The summed E-state index contributed by atoms with van der Waals surface area (Å²) in [5.41, 5.74) is 18.2. The van der Waals surface area contributed by atoms with Gasteiger partial charge in [0.25, 0.3) is 0 Å². The molecule has 67 heavy (non-hydrogen) atoms. The topological polar surface area (TPSA) is 16.4 Å². The molecule has 0 saturated carbocycles. The maximum Gasteiger partial charge on any atom is 0.143 e. The summed E-state index contributed by atoms with van der Waals surface area (Å²) in [7, 11) is 0. The van der Waals surface area contributed by atoms with Crippen molar-refractivity contribution in [3.63, 3.8) is 0 Å². The fraction of sp³-hybridized carbons (Fsp3) is 0.138. The van der Waals surface area contributed by atoms with Crippen LogP contribution in [0.3, 0.4) is 0 Å². The molecular formula is C65H53NO. The van der Waals surface area contributed by atoms with Crippen molar-refractivity contribution in [2.45, 2.75) is 52.4 Å². The van der Waals surface area contributed by atoms with Gasteiger partial charge in [0.1, 0.15) is 11.2 Å². The van der Waals surface area contributed by atoms with Crippen molar-refractivity contribution in [1.29, 1.82) is 0 Å². The van der Waals surface area contributed by atoms with Gasteiger partial charge in [-0.15, -0.1) is 0 Å². The lowest BCUT2D eigenvalue weighted by Crippen LogP contribution is -2.28. The average molecular weight is 864 g/mol. The van der Waals surface area contributed by atoms with Gasteiger partial charge in [-0.2, -0.15) is 0 Å². The molecule has 2 heteroatoms. The highest BCUT2D eigenvalue weighted by atomic mass is 16.3. The monoisotopic (exact) mass is 863 g/mol. The van der Waals surface area contributed by atoms with Crippen LogP contribution in [0.25, 0.3) is 71.3 Å². The van der Waals surface area contributed by atoms with E-state index < -0.39 is 5.41 Å². The molecule has 9 aromatic carbocycles. The van der Waals surface area contributed by atoms with Gasteiger partial charge in [0.15, 0.2) is 0 Å². The normalized spacial score (nSPS) is 15.6. The van der Waals surface area contributed by atoms with E-state index in [1.807, 2.05) is 0 Å². The standard InChI is InChI=1S/C65H53NO/c1-8-46-51-33-30-44(64(5,6)7)39-57(51)65(56(46)36-37-63(2,3)4)55-25-15-13-24-50(55)52-34-31-45(40-58(52)65)66(60-27-17-20-41-18-9-11-21-47(41)60)59-26-16-14-22-48(59)43-29-35-61-54(38-43)53-32-28-42-19-10-12-23-49(42)62(53)67-61/h8-40H,1H2,2-7H3/b37-36+. The van der Waals surface area contributed by atoms with Crippen LogP contribution in [-0.2, 0) is 10.8 Å². The van der Waals surface area contributed by atoms with Gasteiger partial charge in [-0.05, 0) is 120 Å². The van der Waals surface area contributed by atoms with Crippen molar-refractivity contribution in [1.82, 2.24) is 0 Å². The molecule has 1 spiro atoms. The predicted molar refractivity (Wildman–Crippen MR) is 285 cm³/mol. The highest BCUT2D eigenvalue weighted by Gasteiger charge is 2.52. The fourth-order valence-electron chi connectivity index (χ4n) is 11.2. The molecule has 2 aliphatic carbocycles. The van der Waals surface area contributed by atoms with Gasteiger partial charge in [0.2, 0.25) is 0 Å². The van der Waals surface area contributed by atoms with Crippen LogP contribution in [0.2, 0.25) is 0 Å². The van der Waals surface area contributed by atoms with Gasteiger partial charge in [-0.3, -0.25) is 0 Å². The second-order valence-corrected chi connectivity index (χ2v) is 20.6. The van der Waals surface area contributed by atoms with Gasteiger partial charge < -0.3 is 9.32 Å². The molecule has 0 radical (unpaired) electrons. The summed E-state index contributed by atoms with van der Waals surface area (Å²) in [6.45, 7) is 18.3. The van der Waals surface area contributed by atoms with Crippen LogP contribution in [0, 0.1) is 5.41 Å². The van der Waals surface area contributed by atoms with Gasteiger partial charge in [0.05, 0.1) is 16.8 Å². The van der Waals surface area contributed by atoms with Crippen LogP contribution in [0.15, 0.2) is 217 Å². The zero-order valence-electron chi connectivity index (χ0n) is 39.1.